The zero-order valence-corrected chi connectivity index (χ0v) is 9.05. The predicted octanol–water partition coefficient (Wildman–Crippen LogP) is 1.71. The molecule has 6 heteroatoms. The second kappa shape index (κ2) is 5.83. The number of carbonyl (C=O) groups excluding carboxylic acids is 2. The Hall–Kier alpha value is -2.11. The van der Waals surface area contributed by atoms with E-state index >= 15 is 0 Å². The molecule has 0 heterocycles. The Kier molecular flexibility index (Phi) is 4.45. The number of nitroso groups, excluding NO2 is 1. The van der Waals surface area contributed by atoms with E-state index in [-0.39, 0.29) is 12.2 Å². The standard InChI is InChI=1S/C11H10FNO4/c1-2-17-11(15)9(13-16)10(14)7-4-3-5-8(12)6-7/h3-6,9H,2H2,1H3. The van der Waals surface area contributed by atoms with Gasteiger partial charge in [-0.1, -0.05) is 12.1 Å². The molecule has 17 heavy (non-hydrogen) atoms. The number of halogens is 1. The van der Waals surface area contributed by atoms with Gasteiger partial charge in [-0.2, -0.15) is 0 Å². The largest absolute Gasteiger partial charge is 0.464 e. The van der Waals surface area contributed by atoms with Gasteiger partial charge in [-0.25, -0.2) is 9.18 Å². The summed E-state index contributed by atoms with van der Waals surface area (Å²) in [5.41, 5.74) is -0.0948. The number of nitrogens with zero attached hydrogens (tertiary/aromatic N) is 1. The van der Waals surface area contributed by atoms with E-state index < -0.39 is 23.6 Å². The molecule has 0 amide bonds. The topological polar surface area (TPSA) is 72.8 Å². The lowest BCUT2D eigenvalue weighted by Gasteiger charge is -2.07. The summed E-state index contributed by atoms with van der Waals surface area (Å²) in [4.78, 5) is 33.4. The smallest absolute Gasteiger partial charge is 0.342 e. The minimum absolute atomic E-state index is 0.0291. The number of benzene rings is 1. The van der Waals surface area contributed by atoms with Gasteiger partial charge < -0.3 is 4.74 Å². The lowest BCUT2D eigenvalue weighted by Crippen LogP contribution is -2.30. The molecule has 0 saturated heterocycles. The highest BCUT2D eigenvalue weighted by atomic mass is 19.1. The summed E-state index contributed by atoms with van der Waals surface area (Å²) >= 11 is 0. The Balaban J connectivity index is 2.94. The van der Waals surface area contributed by atoms with E-state index in [1.807, 2.05) is 0 Å². The zero-order valence-electron chi connectivity index (χ0n) is 9.05. The summed E-state index contributed by atoms with van der Waals surface area (Å²) in [6, 6.07) is 2.89. The molecule has 0 fully saturated rings. The van der Waals surface area contributed by atoms with Gasteiger partial charge in [-0.15, -0.1) is 4.91 Å². The van der Waals surface area contributed by atoms with E-state index in [2.05, 4.69) is 9.91 Å². The fourth-order valence-electron chi connectivity index (χ4n) is 1.22. The van der Waals surface area contributed by atoms with Gasteiger partial charge in [-0.05, 0) is 24.2 Å². The van der Waals surface area contributed by atoms with E-state index in [1.54, 1.807) is 0 Å². The normalized spacial score (nSPS) is 11.6. The molecule has 1 atom stereocenters. The van der Waals surface area contributed by atoms with Crippen LogP contribution >= 0.6 is 0 Å². The third kappa shape index (κ3) is 3.17. The first-order valence-corrected chi connectivity index (χ1v) is 4.89. The third-order valence-electron chi connectivity index (χ3n) is 1.97. The summed E-state index contributed by atoms with van der Waals surface area (Å²) in [6.07, 6.45) is 0. The molecular weight excluding hydrogens is 229 g/mol. The second-order valence-electron chi connectivity index (χ2n) is 3.13. The van der Waals surface area contributed by atoms with Crippen molar-refractivity contribution >= 4 is 11.8 Å². The molecule has 1 aromatic carbocycles. The number of esters is 1. The molecule has 1 unspecified atom stereocenters. The van der Waals surface area contributed by atoms with Crippen LogP contribution in [0.3, 0.4) is 0 Å². The maximum Gasteiger partial charge on any atom is 0.342 e. The van der Waals surface area contributed by atoms with Crippen LogP contribution in [0.5, 0.6) is 0 Å². The molecule has 0 radical (unpaired) electrons. The molecule has 0 aromatic heterocycles. The van der Waals surface area contributed by atoms with Crippen molar-refractivity contribution in [2.24, 2.45) is 5.18 Å². The van der Waals surface area contributed by atoms with Crippen LogP contribution < -0.4 is 0 Å². The number of rotatable bonds is 5. The van der Waals surface area contributed by atoms with Gasteiger partial charge >= 0.3 is 5.97 Å². The van der Waals surface area contributed by atoms with Crippen LogP contribution in [0.15, 0.2) is 29.4 Å². The SMILES string of the molecule is CCOC(=O)C(N=O)C(=O)c1cccc(F)c1. The summed E-state index contributed by atoms with van der Waals surface area (Å²) in [5, 5.41) is 2.42. The third-order valence-corrected chi connectivity index (χ3v) is 1.97. The summed E-state index contributed by atoms with van der Waals surface area (Å²) < 4.78 is 17.4. The molecule has 1 rings (SSSR count). The van der Waals surface area contributed by atoms with Crippen molar-refractivity contribution in [3.05, 3.63) is 40.6 Å². The highest BCUT2D eigenvalue weighted by molar-refractivity contribution is 6.12. The van der Waals surface area contributed by atoms with Crippen molar-refractivity contribution in [3.8, 4) is 0 Å². The van der Waals surface area contributed by atoms with Gasteiger partial charge in [0.2, 0.25) is 5.78 Å². The number of ketones is 1. The molecular formula is C11H10FNO4. The van der Waals surface area contributed by atoms with Crippen LogP contribution in [0.1, 0.15) is 17.3 Å². The maximum absolute atomic E-state index is 12.9. The molecule has 0 N–H and O–H groups in total. The molecule has 1 aromatic rings. The van der Waals surface area contributed by atoms with Gasteiger partial charge in [0.25, 0.3) is 6.04 Å². The Morgan fingerprint density at radius 2 is 2.18 bits per heavy atom. The lowest BCUT2D eigenvalue weighted by molar-refractivity contribution is -0.143. The lowest BCUT2D eigenvalue weighted by atomic mass is 10.1. The molecule has 0 spiro atoms. The van der Waals surface area contributed by atoms with Gasteiger partial charge in [-0.3, -0.25) is 4.79 Å². The Morgan fingerprint density at radius 1 is 1.47 bits per heavy atom. The van der Waals surface area contributed by atoms with Crippen LogP contribution in [0, 0.1) is 10.7 Å². The Bertz CT molecular complexity index is 447. The molecule has 90 valence electrons. The first-order chi connectivity index (χ1) is 8.10. The number of Topliss-reactive ketones (excluding diaryl/α,β-unsaturated/α-hetero) is 1. The van der Waals surface area contributed by atoms with E-state index in [0.29, 0.717) is 0 Å². The van der Waals surface area contributed by atoms with Crippen molar-refractivity contribution in [3.63, 3.8) is 0 Å². The maximum atomic E-state index is 12.9. The summed E-state index contributed by atoms with van der Waals surface area (Å²) in [7, 11) is 0. The van der Waals surface area contributed by atoms with E-state index in [9.17, 15) is 18.9 Å². The van der Waals surface area contributed by atoms with E-state index in [1.165, 1.54) is 19.1 Å². The fourth-order valence-corrected chi connectivity index (χ4v) is 1.22. The minimum Gasteiger partial charge on any atom is -0.464 e. The number of ether oxygens (including phenoxy) is 1. The van der Waals surface area contributed by atoms with E-state index in [0.717, 1.165) is 12.1 Å². The molecule has 0 aliphatic carbocycles. The summed E-state index contributed by atoms with van der Waals surface area (Å²) in [5.74, 6) is -2.54. The fraction of sp³-hybridized carbons (Fsp3) is 0.273. The highest BCUT2D eigenvalue weighted by Gasteiger charge is 2.30. The first-order valence-electron chi connectivity index (χ1n) is 4.89. The number of hydrogen-bond donors (Lipinski definition) is 0. The van der Waals surface area contributed by atoms with Crippen molar-refractivity contribution in [2.75, 3.05) is 6.61 Å². The second-order valence-corrected chi connectivity index (χ2v) is 3.13. The highest BCUT2D eigenvalue weighted by Crippen LogP contribution is 2.10. The predicted molar refractivity (Wildman–Crippen MR) is 56.9 cm³/mol. The van der Waals surface area contributed by atoms with Crippen LogP contribution in [0.2, 0.25) is 0 Å². The molecule has 0 saturated carbocycles. The van der Waals surface area contributed by atoms with Crippen LogP contribution in [-0.2, 0) is 9.53 Å². The van der Waals surface area contributed by atoms with Crippen molar-refractivity contribution in [1.82, 2.24) is 0 Å². The Morgan fingerprint density at radius 3 is 2.71 bits per heavy atom. The first kappa shape index (κ1) is 13.0. The van der Waals surface area contributed by atoms with Gasteiger partial charge in [0, 0.05) is 5.56 Å². The average Bonchev–Trinajstić information content (AvgIpc) is 2.30. The monoisotopic (exact) mass is 239 g/mol. The van der Waals surface area contributed by atoms with Crippen LogP contribution in [0.25, 0.3) is 0 Å². The molecule has 0 aliphatic rings. The van der Waals surface area contributed by atoms with Crippen molar-refractivity contribution in [2.45, 2.75) is 13.0 Å². The van der Waals surface area contributed by atoms with E-state index in [4.69, 9.17) is 0 Å². The number of hydrogen-bond acceptors (Lipinski definition) is 5. The Labute approximate surface area is 96.6 Å². The zero-order chi connectivity index (χ0) is 12.8. The molecule has 5 nitrogen and oxygen atoms in total. The minimum atomic E-state index is -1.78. The van der Waals surface area contributed by atoms with Gasteiger partial charge in [0.1, 0.15) is 5.82 Å². The quantitative estimate of drug-likeness (QED) is 0.339. The molecule has 0 bridgehead atoms. The van der Waals surface area contributed by atoms with Crippen molar-refractivity contribution < 1.29 is 18.7 Å². The van der Waals surface area contributed by atoms with Crippen LogP contribution in [0.4, 0.5) is 4.39 Å². The summed E-state index contributed by atoms with van der Waals surface area (Å²) in [6.45, 7) is 1.56. The van der Waals surface area contributed by atoms with Gasteiger partial charge in [0.15, 0.2) is 0 Å². The average molecular weight is 239 g/mol. The molecule has 0 aliphatic heterocycles. The number of carbonyl (C=O) groups is 2. The van der Waals surface area contributed by atoms with Crippen LogP contribution in [-0.4, -0.2) is 24.4 Å². The van der Waals surface area contributed by atoms with Gasteiger partial charge in [0.05, 0.1) is 6.61 Å². The van der Waals surface area contributed by atoms with Crippen molar-refractivity contribution in [1.29, 1.82) is 0 Å².